The molecule has 1 amide bonds. The topological polar surface area (TPSA) is 56.8 Å². The third-order valence-electron chi connectivity index (χ3n) is 6.01. The molecule has 1 aromatic heterocycles. The van der Waals surface area contributed by atoms with E-state index in [1.54, 1.807) is 18.3 Å². The van der Waals surface area contributed by atoms with Gasteiger partial charge < -0.3 is 14.7 Å². The van der Waals surface area contributed by atoms with Crippen LogP contribution in [0.5, 0.6) is 0 Å². The van der Waals surface area contributed by atoms with Crippen molar-refractivity contribution in [2.24, 2.45) is 5.92 Å². The van der Waals surface area contributed by atoms with Crippen molar-refractivity contribution in [3.63, 3.8) is 0 Å². The monoisotopic (exact) mass is 420 g/mol. The Hall–Kier alpha value is -2.93. The van der Waals surface area contributed by atoms with Crippen LogP contribution in [0.15, 0.2) is 48.5 Å². The quantitative estimate of drug-likeness (QED) is 0.607. The largest absolute Gasteiger partial charge is 0.368 e. The summed E-state index contributed by atoms with van der Waals surface area (Å²) < 4.78 is 1.19. The molecule has 0 N–H and O–H groups in total. The molecule has 0 unspecified atom stereocenters. The van der Waals surface area contributed by atoms with Gasteiger partial charge >= 0.3 is 0 Å². The standard InChI is InChI=1S/C23H24N4O2S/c1-16(28)17-6-8-19(9-7-17)25-10-12-26(13-11-25)22(29)18-14-27(15-18)23-24-20-4-2-3-5-21(20)30-23/h2-9,18H,10-15H2,1H3. The molecule has 2 aromatic carbocycles. The van der Waals surface area contributed by atoms with E-state index in [9.17, 15) is 9.59 Å². The molecule has 7 heteroatoms. The third-order valence-corrected chi connectivity index (χ3v) is 7.11. The summed E-state index contributed by atoms with van der Waals surface area (Å²) in [7, 11) is 0. The van der Waals surface area contributed by atoms with Gasteiger partial charge in [-0.3, -0.25) is 9.59 Å². The summed E-state index contributed by atoms with van der Waals surface area (Å²) in [6.45, 7) is 6.21. The highest BCUT2D eigenvalue weighted by Gasteiger charge is 2.37. The number of ketones is 1. The summed E-state index contributed by atoms with van der Waals surface area (Å²) in [5.74, 6) is 0.412. The molecule has 3 heterocycles. The molecular weight excluding hydrogens is 396 g/mol. The smallest absolute Gasteiger partial charge is 0.229 e. The SMILES string of the molecule is CC(=O)c1ccc(N2CCN(C(=O)C3CN(c4nc5ccccc5s4)C3)CC2)cc1. The van der Waals surface area contributed by atoms with E-state index in [4.69, 9.17) is 4.98 Å². The maximum atomic E-state index is 12.9. The minimum absolute atomic E-state index is 0.0680. The maximum absolute atomic E-state index is 12.9. The number of aromatic nitrogens is 1. The Morgan fingerprint density at radius 1 is 0.933 bits per heavy atom. The lowest BCUT2D eigenvalue weighted by atomic mass is 9.99. The fraction of sp³-hybridized carbons (Fsp3) is 0.348. The maximum Gasteiger partial charge on any atom is 0.229 e. The third kappa shape index (κ3) is 3.54. The normalized spacial score (nSPS) is 17.3. The molecule has 154 valence electrons. The van der Waals surface area contributed by atoms with E-state index in [0.717, 1.165) is 61.2 Å². The first kappa shape index (κ1) is 19.1. The van der Waals surface area contributed by atoms with E-state index < -0.39 is 0 Å². The average molecular weight is 421 g/mol. The molecular formula is C23H24N4O2S. The predicted molar refractivity (Wildman–Crippen MR) is 121 cm³/mol. The van der Waals surface area contributed by atoms with Crippen molar-refractivity contribution in [1.82, 2.24) is 9.88 Å². The molecule has 2 saturated heterocycles. The molecule has 30 heavy (non-hydrogen) atoms. The second-order valence-corrected chi connectivity index (χ2v) is 8.99. The molecule has 3 aromatic rings. The number of rotatable bonds is 4. The number of carbonyl (C=O) groups excluding carboxylic acids is 2. The summed E-state index contributed by atoms with van der Waals surface area (Å²) in [5, 5.41) is 1.01. The fourth-order valence-electron chi connectivity index (χ4n) is 4.14. The highest BCUT2D eigenvalue weighted by molar-refractivity contribution is 7.22. The van der Waals surface area contributed by atoms with Crippen LogP contribution in [0.1, 0.15) is 17.3 Å². The summed E-state index contributed by atoms with van der Waals surface area (Å²) >= 11 is 1.69. The molecule has 2 aliphatic heterocycles. The molecule has 0 atom stereocenters. The van der Waals surface area contributed by atoms with Crippen molar-refractivity contribution in [3.05, 3.63) is 54.1 Å². The minimum Gasteiger partial charge on any atom is -0.368 e. The van der Waals surface area contributed by atoms with Gasteiger partial charge in [0.05, 0.1) is 16.1 Å². The summed E-state index contributed by atoms with van der Waals surface area (Å²) in [6.07, 6.45) is 0. The van der Waals surface area contributed by atoms with Crippen LogP contribution in [0.3, 0.4) is 0 Å². The van der Waals surface area contributed by atoms with Crippen LogP contribution in [0, 0.1) is 5.92 Å². The minimum atomic E-state index is 0.0680. The lowest BCUT2D eigenvalue weighted by Crippen LogP contribution is -2.58. The van der Waals surface area contributed by atoms with Crippen molar-refractivity contribution in [2.45, 2.75) is 6.92 Å². The van der Waals surface area contributed by atoms with Gasteiger partial charge in [0.15, 0.2) is 10.9 Å². The van der Waals surface area contributed by atoms with Gasteiger partial charge in [0.1, 0.15) is 0 Å². The summed E-state index contributed by atoms with van der Waals surface area (Å²) in [4.78, 5) is 35.5. The van der Waals surface area contributed by atoms with E-state index >= 15 is 0 Å². The Labute approximate surface area is 179 Å². The molecule has 0 radical (unpaired) electrons. The second kappa shape index (κ2) is 7.72. The van der Waals surface area contributed by atoms with Crippen molar-refractivity contribution >= 4 is 44.1 Å². The van der Waals surface area contributed by atoms with Crippen molar-refractivity contribution in [2.75, 3.05) is 49.1 Å². The van der Waals surface area contributed by atoms with Gasteiger partial charge in [0, 0.05) is 50.5 Å². The van der Waals surface area contributed by atoms with Gasteiger partial charge in [-0.25, -0.2) is 4.98 Å². The van der Waals surface area contributed by atoms with Gasteiger partial charge in [-0.2, -0.15) is 0 Å². The van der Waals surface area contributed by atoms with Crippen LogP contribution in [0.2, 0.25) is 0 Å². The number of hydrogen-bond acceptors (Lipinski definition) is 6. The molecule has 0 saturated carbocycles. The Morgan fingerprint density at radius 3 is 2.30 bits per heavy atom. The van der Waals surface area contributed by atoms with Gasteiger partial charge in [-0.1, -0.05) is 23.5 Å². The second-order valence-electron chi connectivity index (χ2n) is 7.98. The zero-order chi connectivity index (χ0) is 20.7. The number of piperazine rings is 1. The highest BCUT2D eigenvalue weighted by Crippen LogP contribution is 2.33. The van der Waals surface area contributed by atoms with Crippen LogP contribution in [0.25, 0.3) is 10.2 Å². The van der Waals surface area contributed by atoms with Crippen LogP contribution in [-0.4, -0.2) is 60.8 Å². The first-order valence-electron chi connectivity index (χ1n) is 10.3. The van der Waals surface area contributed by atoms with E-state index in [-0.39, 0.29) is 17.6 Å². The van der Waals surface area contributed by atoms with Crippen molar-refractivity contribution in [3.8, 4) is 0 Å². The number of Topliss-reactive ketones (excluding diaryl/α,β-unsaturated/α-hetero) is 1. The number of fused-ring (bicyclic) bond motifs is 1. The summed E-state index contributed by atoms with van der Waals surface area (Å²) in [6, 6.07) is 15.9. The molecule has 0 bridgehead atoms. The fourth-order valence-corrected chi connectivity index (χ4v) is 5.12. The predicted octanol–water partition coefficient (Wildman–Crippen LogP) is 3.28. The van der Waals surface area contributed by atoms with E-state index in [1.165, 1.54) is 4.70 Å². The number of para-hydroxylation sites is 1. The van der Waals surface area contributed by atoms with E-state index in [2.05, 4.69) is 15.9 Å². The van der Waals surface area contributed by atoms with E-state index in [1.807, 2.05) is 47.4 Å². The van der Waals surface area contributed by atoms with E-state index in [0.29, 0.717) is 0 Å². The van der Waals surface area contributed by atoms with Crippen LogP contribution in [0.4, 0.5) is 10.8 Å². The molecule has 5 rings (SSSR count). The van der Waals surface area contributed by atoms with Gasteiger partial charge in [0.25, 0.3) is 0 Å². The summed E-state index contributed by atoms with van der Waals surface area (Å²) in [5.41, 5.74) is 2.87. The highest BCUT2D eigenvalue weighted by atomic mass is 32.1. The van der Waals surface area contributed by atoms with Crippen molar-refractivity contribution < 1.29 is 9.59 Å². The molecule has 2 aliphatic rings. The number of hydrogen-bond donors (Lipinski definition) is 0. The number of carbonyl (C=O) groups is 2. The molecule has 0 aliphatic carbocycles. The first-order chi connectivity index (χ1) is 14.6. The number of amides is 1. The molecule has 2 fully saturated rings. The van der Waals surface area contributed by atoms with Crippen LogP contribution >= 0.6 is 11.3 Å². The molecule has 0 spiro atoms. The number of nitrogens with zero attached hydrogens (tertiary/aromatic N) is 4. The van der Waals surface area contributed by atoms with Gasteiger partial charge in [-0.15, -0.1) is 0 Å². The number of benzene rings is 2. The van der Waals surface area contributed by atoms with Gasteiger partial charge in [-0.05, 0) is 43.3 Å². The Balaban J connectivity index is 1.14. The Bertz CT molecular complexity index is 1050. The van der Waals surface area contributed by atoms with Crippen molar-refractivity contribution in [1.29, 1.82) is 0 Å². The zero-order valence-corrected chi connectivity index (χ0v) is 17.8. The number of thiazole rings is 1. The zero-order valence-electron chi connectivity index (χ0n) is 17.0. The Morgan fingerprint density at radius 2 is 1.63 bits per heavy atom. The van der Waals surface area contributed by atoms with Gasteiger partial charge in [0.2, 0.25) is 5.91 Å². The average Bonchev–Trinajstić information content (AvgIpc) is 3.16. The number of anilines is 2. The lowest BCUT2D eigenvalue weighted by Gasteiger charge is -2.43. The lowest BCUT2D eigenvalue weighted by molar-refractivity contribution is -0.136. The van der Waals surface area contributed by atoms with Crippen LogP contribution < -0.4 is 9.80 Å². The molecule has 6 nitrogen and oxygen atoms in total. The van der Waals surface area contributed by atoms with Crippen LogP contribution in [-0.2, 0) is 4.79 Å². The first-order valence-corrected chi connectivity index (χ1v) is 11.2. The Kier molecular flexibility index (Phi) is 4.90.